The van der Waals surface area contributed by atoms with Crippen molar-refractivity contribution in [2.24, 2.45) is 0 Å². The van der Waals surface area contributed by atoms with E-state index >= 15 is 0 Å². The number of methoxy groups -OCH3 is 1. The lowest BCUT2D eigenvalue weighted by Crippen LogP contribution is -2.72. The molecule has 0 radical (unpaired) electrons. The Kier molecular flexibility index (Phi) is 15.7. The molecule has 0 aromatic heterocycles. The van der Waals surface area contributed by atoms with Crippen molar-refractivity contribution in [3.63, 3.8) is 0 Å². The maximum atomic E-state index is 14.7. The van der Waals surface area contributed by atoms with Crippen LogP contribution in [0.3, 0.4) is 0 Å². The molecule has 296 valence electrons. The van der Waals surface area contributed by atoms with Gasteiger partial charge in [0.15, 0.2) is 18.5 Å². The number of unbranched alkanes of at least 4 members (excludes halogenated alkanes) is 3. The van der Waals surface area contributed by atoms with Crippen LogP contribution in [0.15, 0.2) is 78.9 Å². The molecule has 0 saturated carbocycles. The van der Waals surface area contributed by atoms with Crippen LogP contribution < -0.4 is 19.5 Å². The lowest BCUT2D eigenvalue weighted by Gasteiger charge is -2.49. The molecule has 1 saturated heterocycles. The largest absolute Gasteiger partial charge is 0.497 e. The van der Waals surface area contributed by atoms with Crippen molar-refractivity contribution in [1.29, 1.82) is 0 Å². The van der Waals surface area contributed by atoms with E-state index in [9.17, 15) is 19.2 Å². The Labute approximate surface area is 330 Å². The molecule has 2 aliphatic rings. The van der Waals surface area contributed by atoms with Crippen molar-refractivity contribution in [2.45, 2.75) is 89.8 Å². The summed E-state index contributed by atoms with van der Waals surface area (Å²) in [6, 6.07) is 23.0. The molecular formula is C43H55N2O8PS. The van der Waals surface area contributed by atoms with Crippen molar-refractivity contribution in [2.75, 3.05) is 38.0 Å². The van der Waals surface area contributed by atoms with Crippen LogP contribution >= 0.6 is 18.6 Å². The highest BCUT2D eigenvalue weighted by Crippen LogP contribution is 2.54. The first kappa shape index (κ1) is 41.9. The van der Waals surface area contributed by atoms with Gasteiger partial charge in [-0.1, -0.05) is 95.5 Å². The SMILES string of the molecule is CCCCP(CCCC)(CCCC)=C(C(=O)OCc1ccc(OC)cc1)N1C(=O)[C@@H](NC(=O)COc2ccccc2)[C@H]1SCC(=O)[C@H]1Cc2ccccc2O1. The van der Waals surface area contributed by atoms with E-state index in [1.807, 2.05) is 66.7 Å². The summed E-state index contributed by atoms with van der Waals surface area (Å²) in [6.45, 7) is 3.86. The van der Waals surface area contributed by atoms with E-state index in [0.29, 0.717) is 29.1 Å². The fourth-order valence-corrected chi connectivity index (χ4v) is 13.5. The lowest BCUT2D eigenvalue weighted by atomic mass is 10.1. The van der Waals surface area contributed by atoms with E-state index in [2.05, 4.69) is 26.1 Å². The molecule has 2 aliphatic heterocycles. The van der Waals surface area contributed by atoms with E-state index < -0.39 is 36.3 Å². The number of rotatable bonds is 22. The molecular weight excluding hydrogens is 736 g/mol. The first-order valence-electron chi connectivity index (χ1n) is 19.5. The predicted octanol–water partition coefficient (Wildman–Crippen LogP) is 7.32. The average molecular weight is 791 g/mol. The van der Waals surface area contributed by atoms with Crippen LogP contribution in [0.2, 0.25) is 0 Å². The number of benzene rings is 3. The fraction of sp³-hybridized carbons (Fsp3) is 0.465. The number of hydrogen-bond donors (Lipinski definition) is 1. The molecule has 0 aliphatic carbocycles. The van der Waals surface area contributed by atoms with Gasteiger partial charge in [-0.05, 0) is 79.2 Å². The second kappa shape index (κ2) is 20.6. The van der Waals surface area contributed by atoms with E-state index in [-0.39, 0.29) is 30.7 Å². The molecule has 12 heteroatoms. The van der Waals surface area contributed by atoms with Crippen LogP contribution in [-0.4, -0.2) is 89.4 Å². The summed E-state index contributed by atoms with van der Waals surface area (Å²) in [5.74, 6) is 0.464. The van der Waals surface area contributed by atoms with Gasteiger partial charge in [-0.25, -0.2) is 4.79 Å². The standard InChI is InChI=1S/C43H55N2O8PS/c1-5-8-24-54(25-9-6-2,26-10-7-3)41(43(49)52-28-31-20-22-33(50-4)23-21-31)45-40(48)39(44-38(47)29-51-34-17-12-11-13-18-34)42(45)55-30-35(46)37-27-32-16-14-15-19-36(32)53-37/h11-23,37,39,42H,5-10,24-30H2,1-4H3,(H,44,47)/t37-,39-,42-/m1/s1. The van der Waals surface area contributed by atoms with Gasteiger partial charge < -0.3 is 24.3 Å². The summed E-state index contributed by atoms with van der Waals surface area (Å²) in [7, 11) is 1.60. The summed E-state index contributed by atoms with van der Waals surface area (Å²) < 4.78 is 23.1. The molecule has 2 amide bonds. The number of likely N-dealkylation sites (tertiary alicyclic amines) is 1. The minimum atomic E-state index is -2.30. The number of thioether (sulfide) groups is 1. The maximum absolute atomic E-state index is 14.7. The summed E-state index contributed by atoms with van der Waals surface area (Å²) in [5, 5.41) is 2.17. The van der Waals surface area contributed by atoms with Crippen LogP contribution in [-0.2, 0) is 36.9 Å². The number of β-lactam (4-membered cyclic amide) rings is 1. The molecule has 1 N–H and O–H groups in total. The number of hydrogen-bond acceptors (Lipinski definition) is 9. The Morgan fingerprint density at radius 2 is 1.49 bits per heavy atom. The number of nitrogens with zero attached hydrogens (tertiary/aromatic N) is 1. The zero-order chi connectivity index (χ0) is 39.2. The number of nitrogens with one attached hydrogen (secondary N) is 1. The summed E-state index contributed by atoms with van der Waals surface area (Å²) >= 11 is 1.26. The molecule has 55 heavy (non-hydrogen) atoms. The van der Waals surface area contributed by atoms with Crippen LogP contribution in [0.25, 0.3) is 0 Å². The van der Waals surface area contributed by atoms with Crippen molar-refractivity contribution in [1.82, 2.24) is 10.2 Å². The quantitative estimate of drug-likeness (QED) is 0.0634. The summed E-state index contributed by atoms with van der Waals surface area (Å²) in [4.78, 5) is 57.8. The maximum Gasteiger partial charge on any atom is 0.355 e. The third-order valence-electron chi connectivity index (χ3n) is 10.1. The zero-order valence-electron chi connectivity index (χ0n) is 32.5. The minimum absolute atomic E-state index is 0.0244. The number of carbonyl (C=O) groups excluding carboxylic acids is 4. The van der Waals surface area contributed by atoms with Gasteiger partial charge in [-0.2, -0.15) is 0 Å². The van der Waals surface area contributed by atoms with Gasteiger partial charge >= 0.3 is 5.97 Å². The molecule has 3 aromatic carbocycles. The third-order valence-corrected chi connectivity index (χ3v) is 16.2. The second-order valence-corrected chi connectivity index (χ2v) is 19.2. The monoisotopic (exact) mass is 790 g/mol. The number of ketones is 1. The Balaban J connectivity index is 1.49. The molecule has 5 rings (SSSR count). The molecule has 2 heterocycles. The smallest absolute Gasteiger partial charge is 0.355 e. The van der Waals surface area contributed by atoms with Crippen molar-refractivity contribution >= 4 is 47.6 Å². The minimum Gasteiger partial charge on any atom is -0.497 e. The molecule has 10 nitrogen and oxygen atoms in total. The van der Waals surface area contributed by atoms with Crippen molar-refractivity contribution in [3.05, 3.63) is 90.0 Å². The molecule has 0 spiro atoms. The van der Waals surface area contributed by atoms with Gasteiger partial charge in [0.05, 0.1) is 12.9 Å². The average Bonchev–Trinajstić information content (AvgIpc) is 3.66. The van der Waals surface area contributed by atoms with E-state index in [4.69, 9.17) is 18.9 Å². The second-order valence-electron chi connectivity index (χ2n) is 14.1. The Morgan fingerprint density at radius 3 is 2.11 bits per heavy atom. The van der Waals surface area contributed by atoms with Gasteiger partial charge in [0.2, 0.25) is 0 Å². The number of para-hydroxylation sites is 2. The molecule has 1 fully saturated rings. The third kappa shape index (κ3) is 10.8. The number of Topliss-reactive ketones (excluding diaryl/α,β-unsaturated/α-hetero) is 1. The van der Waals surface area contributed by atoms with Crippen molar-refractivity contribution in [3.8, 4) is 17.2 Å². The highest BCUT2D eigenvalue weighted by Gasteiger charge is 2.54. The number of esters is 1. The normalized spacial score (nSPS) is 17.4. The predicted molar refractivity (Wildman–Crippen MR) is 221 cm³/mol. The number of carbonyl (C=O) groups is 4. The number of amides is 2. The first-order chi connectivity index (χ1) is 26.7. The fourth-order valence-electron chi connectivity index (χ4n) is 6.99. The molecule has 3 atom stereocenters. The summed E-state index contributed by atoms with van der Waals surface area (Å²) in [6.07, 6.45) is 7.81. The van der Waals surface area contributed by atoms with Crippen LogP contribution in [0.4, 0.5) is 0 Å². The van der Waals surface area contributed by atoms with Gasteiger partial charge in [-0.15, -0.1) is 11.8 Å². The van der Waals surface area contributed by atoms with E-state index in [1.165, 1.54) is 11.8 Å². The lowest BCUT2D eigenvalue weighted by molar-refractivity contribution is -0.146. The molecule has 0 unspecified atom stereocenters. The van der Waals surface area contributed by atoms with Crippen LogP contribution in [0.5, 0.6) is 17.2 Å². The van der Waals surface area contributed by atoms with Gasteiger partial charge in [0.1, 0.15) is 40.7 Å². The molecule has 0 bridgehead atoms. The van der Waals surface area contributed by atoms with E-state index in [0.717, 1.165) is 68.1 Å². The Morgan fingerprint density at radius 1 is 0.855 bits per heavy atom. The van der Waals surface area contributed by atoms with Gasteiger partial charge in [0, 0.05) is 6.42 Å². The highest BCUT2D eigenvalue weighted by atomic mass is 32.2. The van der Waals surface area contributed by atoms with Crippen molar-refractivity contribution < 1.29 is 38.1 Å². The Bertz CT molecular complexity index is 1760. The van der Waals surface area contributed by atoms with E-state index in [1.54, 1.807) is 24.1 Å². The zero-order valence-corrected chi connectivity index (χ0v) is 34.2. The highest BCUT2D eigenvalue weighted by molar-refractivity contribution is 8.00. The topological polar surface area (TPSA) is 120 Å². The van der Waals surface area contributed by atoms with Crippen LogP contribution in [0.1, 0.15) is 70.4 Å². The number of fused-ring (bicyclic) bond motifs is 1. The first-order valence-corrected chi connectivity index (χ1v) is 22.9. The molecule has 3 aromatic rings. The Hall–Kier alpha value is -4.21. The number of ether oxygens (including phenoxy) is 4. The van der Waals surface area contributed by atoms with Crippen LogP contribution in [0, 0.1) is 0 Å². The summed E-state index contributed by atoms with van der Waals surface area (Å²) in [5.41, 5.74) is 2.20. The van der Waals surface area contributed by atoms with Gasteiger partial charge in [0.25, 0.3) is 11.8 Å². The van der Waals surface area contributed by atoms with Gasteiger partial charge in [-0.3, -0.25) is 19.3 Å².